The lowest BCUT2D eigenvalue weighted by molar-refractivity contribution is 0.543. The third-order valence-corrected chi connectivity index (χ3v) is 7.48. The van der Waals surface area contributed by atoms with Crippen molar-refractivity contribution in [2.45, 2.75) is 18.2 Å². The summed E-state index contributed by atoms with van der Waals surface area (Å²) in [5, 5.41) is 0. The molecule has 8 heteroatoms. The first-order valence-electron chi connectivity index (χ1n) is 6.16. The standard InChI is InChI=1S/C12H16BrNO4S2/c1-9-6-11(2-3-12(9)13)20(17,18)14-7-10-4-5-19(15,16)8-10/h2-3,6,10,14H,4-5,7-8H2,1H3. The summed E-state index contributed by atoms with van der Waals surface area (Å²) in [5.41, 5.74) is 0.830. The largest absolute Gasteiger partial charge is 0.240 e. The van der Waals surface area contributed by atoms with E-state index in [4.69, 9.17) is 0 Å². The van der Waals surface area contributed by atoms with Gasteiger partial charge in [-0.15, -0.1) is 0 Å². The predicted octanol–water partition coefficient (Wildman–Crippen LogP) is 1.47. The van der Waals surface area contributed by atoms with Gasteiger partial charge in [-0.25, -0.2) is 21.6 Å². The molecule has 0 spiro atoms. The monoisotopic (exact) mass is 381 g/mol. The van der Waals surface area contributed by atoms with Crippen molar-refractivity contribution in [2.75, 3.05) is 18.1 Å². The van der Waals surface area contributed by atoms with E-state index in [0.29, 0.717) is 6.42 Å². The fraction of sp³-hybridized carbons (Fsp3) is 0.500. The Morgan fingerprint density at radius 1 is 1.40 bits per heavy atom. The molecule has 0 saturated carbocycles. The van der Waals surface area contributed by atoms with Crippen LogP contribution in [-0.4, -0.2) is 34.9 Å². The topological polar surface area (TPSA) is 80.3 Å². The molecule has 1 unspecified atom stereocenters. The number of aryl methyl sites for hydroxylation is 1. The van der Waals surface area contributed by atoms with Crippen LogP contribution in [0.2, 0.25) is 0 Å². The summed E-state index contributed by atoms with van der Waals surface area (Å²) in [6.07, 6.45) is 0.518. The Kier molecular flexibility index (Phi) is 4.58. The predicted molar refractivity (Wildman–Crippen MR) is 80.8 cm³/mol. The van der Waals surface area contributed by atoms with Crippen molar-refractivity contribution < 1.29 is 16.8 Å². The van der Waals surface area contributed by atoms with Gasteiger partial charge in [0, 0.05) is 11.0 Å². The first-order valence-corrected chi connectivity index (χ1v) is 10.3. The number of sulfonamides is 1. The normalized spacial score (nSPS) is 22.0. The van der Waals surface area contributed by atoms with E-state index in [-0.39, 0.29) is 28.9 Å². The van der Waals surface area contributed by atoms with E-state index in [9.17, 15) is 16.8 Å². The van der Waals surface area contributed by atoms with E-state index in [1.165, 1.54) is 6.07 Å². The lowest BCUT2D eigenvalue weighted by atomic mass is 10.1. The molecule has 1 aromatic rings. The van der Waals surface area contributed by atoms with Gasteiger partial charge in [0.2, 0.25) is 10.0 Å². The Balaban J connectivity index is 2.06. The Bertz CT molecular complexity index is 713. The first-order chi connectivity index (χ1) is 9.20. The van der Waals surface area contributed by atoms with Crippen LogP contribution in [0.15, 0.2) is 27.6 Å². The molecule has 1 N–H and O–H groups in total. The SMILES string of the molecule is Cc1cc(S(=O)(=O)NCC2CCS(=O)(=O)C2)ccc1Br. The summed E-state index contributed by atoms with van der Waals surface area (Å²) in [6.45, 7) is 1.98. The highest BCUT2D eigenvalue weighted by Crippen LogP contribution is 2.21. The Hall–Kier alpha value is -0.440. The number of halogens is 1. The van der Waals surface area contributed by atoms with Crippen molar-refractivity contribution in [2.24, 2.45) is 5.92 Å². The molecule has 0 aliphatic carbocycles. The molecule has 1 aliphatic heterocycles. The Morgan fingerprint density at radius 3 is 2.65 bits per heavy atom. The van der Waals surface area contributed by atoms with Crippen LogP contribution < -0.4 is 4.72 Å². The van der Waals surface area contributed by atoms with Gasteiger partial charge in [-0.2, -0.15) is 0 Å². The molecular weight excluding hydrogens is 366 g/mol. The summed E-state index contributed by atoms with van der Waals surface area (Å²) in [4.78, 5) is 0.194. The van der Waals surface area contributed by atoms with E-state index in [2.05, 4.69) is 20.7 Å². The van der Waals surface area contributed by atoms with E-state index < -0.39 is 19.9 Å². The van der Waals surface area contributed by atoms with Crippen LogP contribution in [0.3, 0.4) is 0 Å². The van der Waals surface area contributed by atoms with Crippen LogP contribution in [-0.2, 0) is 19.9 Å². The summed E-state index contributed by atoms with van der Waals surface area (Å²) in [7, 11) is -6.57. The van der Waals surface area contributed by atoms with E-state index >= 15 is 0 Å². The maximum absolute atomic E-state index is 12.1. The van der Waals surface area contributed by atoms with Crippen molar-refractivity contribution in [3.63, 3.8) is 0 Å². The number of rotatable bonds is 4. The molecule has 1 saturated heterocycles. The molecule has 1 atom stereocenters. The van der Waals surface area contributed by atoms with Crippen LogP contribution in [0.1, 0.15) is 12.0 Å². The highest BCUT2D eigenvalue weighted by atomic mass is 79.9. The lowest BCUT2D eigenvalue weighted by Crippen LogP contribution is -2.30. The molecule has 2 rings (SSSR count). The molecule has 112 valence electrons. The number of sulfone groups is 1. The second-order valence-electron chi connectivity index (χ2n) is 5.03. The molecule has 0 bridgehead atoms. The fourth-order valence-electron chi connectivity index (χ4n) is 2.13. The second-order valence-corrected chi connectivity index (χ2v) is 9.88. The van der Waals surface area contributed by atoms with Crippen LogP contribution >= 0.6 is 15.9 Å². The van der Waals surface area contributed by atoms with Crippen LogP contribution in [0.4, 0.5) is 0 Å². The maximum atomic E-state index is 12.1. The first kappa shape index (κ1) is 15.9. The van der Waals surface area contributed by atoms with Crippen LogP contribution in [0, 0.1) is 12.8 Å². The molecule has 0 aromatic heterocycles. The number of nitrogens with one attached hydrogen (secondary N) is 1. The molecule has 1 aliphatic rings. The summed E-state index contributed by atoms with van der Waals surface area (Å²) < 4.78 is 50.3. The zero-order valence-electron chi connectivity index (χ0n) is 11.0. The lowest BCUT2D eigenvalue weighted by Gasteiger charge is -2.11. The highest BCUT2D eigenvalue weighted by Gasteiger charge is 2.29. The minimum Gasteiger partial charge on any atom is -0.229 e. The minimum atomic E-state index is -3.59. The molecule has 0 radical (unpaired) electrons. The van der Waals surface area contributed by atoms with Gasteiger partial charge in [0.25, 0.3) is 0 Å². The van der Waals surface area contributed by atoms with Crippen molar-refractivity contribution in [1.29, 1.82) is 0 Å². The van der Waals surface area contributed by atoms with Gasteiger partial charge in [-0.1, -0.05) is 15.9 Å². The average Bonchev–Trinajstić information content (AvgIpc) is 2.70. The van der Waals surface area contributed by atoms with Crippen molar-refractivity contribution in [1.82, 2.24) is 4.72 Å². The quantitative estimate of drug-likeness (QED) is 0.855. The molecule has 5 nitrogen and oxygen atoms in total. The van der Waals surface area contributed by atoms with Gasteiger partial charge < -0.3 is 0 Å². The second kappa shape index (κ2) is 5.75. The van der Waals surface area contributed by atoms with Crippen LogP contribution in [0.5, 0.6) is 0 Å². The summed E-state index contributed by atoms with van der Waals surface area (Å²) >= 11 is 3.32. The van der Waals surface area contributed by atoms with Gasteiger partial charge in [-0.05, 0) is 43.0 Å². The zero-order chi connectivity index (χ0) is 15.0. The summed E-state index contributed by atoms with van der Waals surface area (Å²) in [6, 6.07) is 4.78. The van der Waals surface area contributed by atoms with Gasteiger partial charge in [0.15, 0.2) is 9.84 Å². The molecular formula is C12H16BrNO4S2. The van der Waals surface area contributed by atoms with E-state index in [0.717, 1.165) is 10.0 Å². The highest BCUT2D eigenvalue weighted by molar-refractivity contribution is 9.10. The number of hydrogen-bond donors (Lipinski definition) is 1. The van der Waals surface area contributed by atoms with E-state index in [1.807, 2.05) is 6.92 Å². The van der Waals surface area contributed by atoms with Gasteiger partial charge in [0.05, 0.1) is 16.4 Å². The summed E-state index contributed by atoms with van der Waals surface area (Å²) in [5.74, 6) is 0.0809. The van der Waals surface area contributed by atoms with Crippen molar-refractivity contribution in [3.8, 4) is 0 Å². The van der Waals surface area contributed by atoms with Crippen LogP contribution in [0.25, 0.3) is 0 Å². The Labute approximate surface area is 127 Å². The van der Waals surface area contributed by atoms with Gasteiger partial charge in [-0.3, -0.25) is 0 Å². The molecule has 1 fully saturated rings. The van der Waals surface area contributed by atoms with Crippen molar-refractivity contribution in [3.05, 3.63) is 28.2 Å². The number of hydrogen-bond acceptors (Lipinski definition) is 4. The third kappa shape index (κ3) is 3.81. The third-order valence-electron chi connectivity index (χ3n) is 3.33. The molecule has 0 amide bonds. The van der Waals surface area contributed by atoms with Crippen molar-refractivity contribution >= 4 is 35.8 Å². The van der Waals surface area contributed by atoms with Gasteiger partial charge in [0.1, 0.15) is 0 Å². The van der Waals surface area contributed by atoms with E-state index in [1.54, 1.807) is 12.1 Å². The minimum absolute atomic E-state index is 0.0644. The number of benzene rings is 1. The zero-order valence-corrected chi connectivity index (χ0v) is 14.2. The molecule has 20 heavy (non-hydrogen) atoms. The Morgan fingerprint density at radius 2 is 2.10 bits per heavy atom. The fourth-order valence-corrected chi connectivity index (χ4v) is 5.44. The maximum Gasteiger partial charge on any atom is 0.240 e. The smallest absolute Gasteiger partial charge is 0.229 e. The molecule has 1 heterocycles. The average molecular weight is 382 g/mol. The van der Waals surface area contributed by atoms with Gasteiger partial charge >= 0.3 is 0 Å². The molecule has 1 aromatic carbocycles.